The molecule has 128 valence electrons. The fourth-order valence-electron chi connectivity index (χ4n) is 2.41. The van der Waals surface area contributed by atoms with E-state index in [2.05, 4.69) is 15.3 Å². The Kier molecular flexibility index (Phi) is 5.64. The molecule has 0 amide bonds. The Morgan fingerprint density at radius 3 is 2.71 bits per heavy atom. The zero-order valence-electron chi connectivity index (χ0n) is 14.0. The molecular weight excluding hydrogens is 310 g/mol. The molecule has 8 nitrogen and oxygen atoms in total. The Hall–Kier alpha value is -2.74. The van der Waals surface area contributed by atoms with Crippen LogP contribution in [0, 0.1) is 24.0 Å². The number of benzene rings is 1. The van der Waals surface area contributed by atoms with Crippen LogP contribution in [0.4, 0.5) is 23.0 Å². The second-order valence-corrected chi connectivity index (χ2v) is 5.33. The van der Waals surface area contributed by atoms with Crippen molar-refractivity contribution in [2.75, 3.05) is 29.9 Å². The third kappa shape index (κ3) is 3.60. The fourth-order valence-corrected chi connectivity index (χ4v) is 2.41. The van der Waals surface area contributed by atoms with Gasteiger partial charge in [0.2, 0.25) is 11.6 Å². The quantitative estimate of drug-likeness (QED) is 0.593. The average Bonchev–Trinajstić information content (AvgIpc) is 2.56. The number of aliphatic hydroxyl groups is 1. The summed E-state index contributed by atoms with van der Waals surface area (Å²) >= 11 is 0. The second kappa shape index (κ2) is 7.69. The molecule has 0 unspecified atom stereocenters. The SMILES string of the molecule is CCN(CCO)c1ncnc(Nc2cccc(C)c2C)c1[N+](=O)[O-]. The van der Waals surface area contributed by atoms with Crippen LogP contribution in [0.5, 0.6) is 0 Å². The highest BCUT2D eigenvalue weighted by atomic mass is 16.6. The van der Waals surface area contributed by atoms with Gasteiger partial charge in [0.1, 0.15) is 6.33 Å². The van der Waals surface area contributed by atoms with Crippen molar-refractivity contribution in [3.63, 3.8) is 0 Å². The fraction of sp³-hybridized carbons (Fsp3) is 0.375. The van der Waals surface area contributed by atoms with Crippen molar-refractivity contribution in [1.29, 1.82) is 0 Å². The molecule has 0 radical (unpaired) electrons. The highest BCUT2D eigenvalue weighted by Crippen LogP contribution is 2.34. The Labute approximate surface area is 140 Å². The second-order valence-electron chi connectivity index (χ2n) is 5.33. The van der Waals surface area contributed by atoms with Crippen LogP contribution < -0.4 is 10.2 Å². The van der Waals surface area contributed by atoms with Crippen molar-refractivity contribution in [3.05, 3.63) is 45.8 Å². The number of hydrogen-bond donors (Lipinski definition) is 2. The van der Waals surface area contributed by atoms with Gasteiger partial charge in [-0.3, -0.25) is 10.1 Å². The van der Waals surface area contributed by atoms with Crippen molar-refractivity contribution in [2.24, 2.45) is 0 Å². The van der Waals surface area contributed by atoms with Crippen LogP contribution >= 0.6 is 0 Å². The molecule has 1 aromatic heterocycles. The lowest BCUT2D eigenvalue weighted by atomic mass is 10.1. The summed E-state index contributed by atoms with van der Waals surface area (Å²) < 4.78 is 0. The van der Waals surface area contributed by atoms with Crippen molar-refractivity contribution in [2.45, 2.75) is 20.8 Å². The van der Waals surface area contributed by atoms with Crippen LogP contribution in [-0.4, -0.2) is 39.7 Å². The van der Waals surface area contributed by atoms with Gasteiger partial charge in [0, 0.05) is 18.8 Å². The zero-order valence-corrected chi connectivity index (χ0v) is 14.0. The van der Waals surface area contributed by atoms with Crippen LogP contribution in [0.1, 0.15) is 18.1 Å². The number of nitrogens with one attached hydrogen (secondary N) is 1. The molecule has 0 saturated carbocycles. The van der Waals surface area contributed by atoms with Gasteiger partial charge in [-0.1, -0.05) is 12.1 Å². The summed E-state index contributed by atoms with van der Waals surface area (Å²) in [5.41, 5.74) is 2.63. The molecule has 24 heavy (non-hydrogen) atoms. The smallest absolute Gasteiger partial charge is 0.353 e. The van der Waals surface area contributed by atoms with Gasteiger partial charge in [-0.05, 0) is 38.0 Å². The van der Waals surface area contributed by atoms with Gasteiger partial charge in [0.15, 0.2) is 0 Å². The average molecular weight is 331 g/mol. The minimum atomic E-state index is -0.497. The summed E-state index contributed by atoms with van der Waals surface area (Å²) in [5.74, 6) is 0.328. The van der Waals surface area contributed by atoms with E-state index in [0.29, 0.717) is 6.54 Å². The van der Waals surface area contributed by atoms with E-state index < -0.39 is 4.92 Å². The molecule has 1 aromatic carbocycles. The summed E-state index contributed by atoms with van der Waals surface area (Å²) in [6.45, 7) is 6.39. The van der Waals surface area contributed by atoms with Gasteiger partial charge in [0.25, 0.3) is 0 Å². The normalized spacial score (nSPS) is 10.5. The number of nitrogens with zero attached hydrogens (tertiary/aromatic N) is 4. The topological polar surface area (TPSA) is 104 Å². The molecule has 0 atom stereocenters. The van der Waals surface area contributed by atoms with E-state index in [-0.39, 0.29) is 30.5 Å². The highest BCUT2D eigenvalue weighted by Gasteiger charge is 2.26. The minimum Gasteiger partial charge on any atom is -0.395 e. The van der Waals surface area contributed by atoms with Crippen molar-refractivity contribution >= 4 is 23.0 Å². The first kappa shape index (κ1) is 17.6. The van der Waals surface area contributed by atoms with Crippen LogP contribution in [0.2, 0.25) is 0 Å². The first-order chi connectivity index (χ1) is 11.5. The number of nitro groups is 1. The predicted molar refractivity (Wildman–Crippen MR) is 92.9 cm³/mol. The lowest BCUT2D eigenvalue weighted by Crippen LogP contribution is -2.28. The third-order valence-corrected chi connectivity index (χ3v) is 3.89. The summed E-state index contributed by atoms with van der Waals surface area (Å²) in [6.07, 6.45) is 1.29. The van der Waals surface area contributed by atoms with E-state index in [0.717, 1.165) is 16.8 Å². The maximum atomic E-state index is 11.6. The molecule has 0 spiro atoms. The van der Waals surface area contributed by atoms with E-state index in [1.165, 1.54) is 6.33 Å². The van der Waals surface area contributed by atoms with Crippen LogP contribution in [0.3, 0.4) is 0 Å². The Bertz CT molecular complexity index is 736. The highest BCUT2D eigenvalue weighted by molar-refractivity contribution is 5.75. The van der Waals surface area contributed by atoms with Gasteiger partial charge in [-0.15, -0.1) is 0 Å². The number of aryl methyl sites for hydroxylation is 1. The molecule has 0 bridgehead atoms. The molecule has 1 heterocycles. The summed E-state index contributed by atoms with van der Waals surface area (Å²) in [5, 5.41) is 23.8. The maximum absolute atomic E-state index is 11.6. The largest absolute Gasteiger partial charge is 0.395 e. The Morgan fingerprint density at radius 1 is 1.33 bits per heavy atom. The molecule has 0 saturated heterocycles. The standard InChI is InChI=1S/C16H21N5O3/c1-4-20(8-9-22)16-14(21(23)24)15(17-10-18-16)19-13-7-5-6-11(2)12(13)3/h5-7,10,22H,4,8-9H2,1-3H3,(H,17,18,19). The van der Waals surface area contributed by atoms with Gasteiger partial charge in [-0.2, -0.15) is 0 Å². The minimum absolute atomic E-state index is 0.116. The van der Waals surface area contributed by atoms with E-state index in [9.17, 15) is 10.1 Å². The van der Waals surface area contributed by atoms with Crippen molar-refractivity contribution < 1.29 is 10.0 Å². The number of anilines is 3. The first-order valence-corrected chi connectivity index (χ1v) is 7.68. The zero-order chi connectivity index (χ0) is 17.7. The van der Waals surface area contributed by atoms with E-state index in [4.69, 9.17) is 5.11 Å². The lowest BCUT2D eigenvalue weighted by Gasteiger charge is -2.21. The van der Waals surface area contributed by atoms with E-state index >= 15 is 0 Å². The number of likely N-dealkylation sites (N-methyl/N-ethyl adjacent to an activating group) is 1. The number of rotatable bonds is 7. The summed E-state index contributed by atoms with van der Waals surface area (Å²) in [7, 11) is 0. The van der Waals surface area contributed by atoms with Crippen LogP contribution in [0.15, 0.2) is 24.5 Å². The van der Waals surface area contributed by atoms with Gasteiger partial charge >= 0.3 is 5.69 Å². The molecule has 0 aliphatic heterocycles. The Balaban J connectivity index is 2.50. The monoisotopic (exact) mass is 331 g/mol. The van der Waals surface area contributed by atoms with Crippen LogP contribution in [0.25, 0.3) is 0 Å². The predicted octanol–water partition coefficient (Wildman–Crippen LogP) is 2.56. The molecule has 2 aromatic rings. The maximum Gasteiger partial charge on any atom is 0.353 e. The van der Waals surface area contributed by atoms with Crippen molar-refractivity contribution in [1.82, 2.24) is 9.97 Å². The molecule has 0 fully saturated rings. The number of aromatic nitrogens is 2. The molecule has 2 N–H and O–H groups in total. The Morgan fingerprint density at radius 2 is 2.08 bits per heavy atom. The molecular formula is C16H21N5O3. The van der Waals surface area contributed by atoms with E-state index in [1.54, 1.807) is 4.90 Å². The van der Waals surface area contributed by atoms with Crippen molar-refractivity contribution in [3.8, 4) is 0 Å². The molecule has 0 aliphatic rings. The first-order valence-electron chi connectivity index (χ1n) is 7.68. The summed E-state index contributed by atoms with van der Waals surface area (Å²) in [6, 6.07) is 5.70. The van der Waals surface area contributed by atoms with Crippen LogP contribution in [-0.2, 0) is 0 Å². The molecule has 0 aliphatic carbocycles. The molecule has 2 rings (SSSR count). The lowest BCUT2D eigenvalue weighted by molar-refractivity contribution is -0.383. The third-order valence-electron chi connectivity index (χ3n) is 3.89. The van der Waals surface area contributed by atoms with Gasteiger partial charge < -0.3 is 15.3 Å². The number of aliphatic hydroxyl groups excluding tert-OH is 1. The molecule has 8 heteroatoms. The van der Waals surface area contributed by atoms with Gasteiger partial charge in [-0.25, -0.2) is 9.97 Å². The van der Waals surface area contributed by atoms with Gasteiger partial charge in [0.05, 0.1) is 11.5 Å². The number of hydrogen-bond acceptors (Lipinski definition) is 7. The van der Waals surface area contributed by atoms with E-state index in [1.807, 2.05) is 39.0 Å². The summed E-state index contributed by atoms with van der Waals surface area (Å²) in [4.78, 5) is 20.9.